The van der Waals surface area contributed by atoms with E-state index in [-0.39, 0.29) is 0 Å². The zero-order valence-electron chi connectivity index (χ0n) is 12.6. The Morgan fingerprint density at radius 1 is 1.05 bits per heavy atom. The van der Waals surface area contributed by atoms with Crippen molar-refractivity contribution in [2.24, 2.45) is 0 Å². The predicted octanol–water partition coefficient (Wildman–Crippen LogP) is 5.10. The van der Waals surface area contributed by atoms with Gasteiger partial charge in [0.1, 0.15) is 0 Å². The largest absolute Gasteiger partial charge is 0.309 e. The lowest BCUT2D eigenvalue weighted by Crippen LogP contribution is -2.22. The Morgan fingerprint density at radius 2 is 1.90 bits per heavy atom. The third kappa shape index (κ3) is 3.34. The molecule has 1 aromatic heterocycles. The molecule has 0 fully saturated rings. The van der Waals surface area contributed by atoms with E-state index in [1.54, 1.807) is 0 Å². The van der Waals surface area contributed by atoms with Gasteiger partial charge in [-0.25, -0.2) is 0 Å². The van der Waals surface area contributed by atoms with Crippen LogP contribution in [-0.2, 0) is 6.42 Å². The van der Waals surface area contributed by atoms with E-state index in [0.717, 1.165) is 13.0 Å². The van der Waals surface area contributed by atoms with Gasteiger partial charge < -0.3 is 5.32 Å². The van der Waals surface area contributed by atoms with Crippen LogP contribution in [0.15, 0.2) is 54.6 Å². The molecular formula is C19H21NS. The Balaban J connectivity index is 1.90. The average Bonchev–Trinajstić information content (AvgIpc) is 2.91. The summed E-state index contributed by atoms with van der Waals surface area (Å²) in [5.74, 6) is 0. The Bertz CT molecular complexity index is 696. The number of nitrogens with one attached hydrogen (secondary N) is 1. The van der Waals surface area contributed by atoms with Crippen LogP contribution in [0.3, 0.4) is 0 Å². The van der Waals surface area contributed by atoms with Crippen LogP contribution in [0.5, 0.6) is 0 Å². The molecule has 21 heavy (non-hydrogen) atoms. The SMILES string of the molecule is CCNC(Cc1cccc(C)c1)c1cc2ccccc2s1. The molecule has 0 saturated carbocycles. The summed E-state index contributed by atoms with van der Waals surface area (Å²) in [6, 6.07) is 20.2. The third-order valence-corrected chi connectivity index (χ3v) is 4.99. The standard InChI is InChI=1S/C19H21NS/c1-3-20-17(12-15-8-6-7-14(2)11-15)19-13-16-9-4-5-10-18(16)21-19/h4-11,13,17,20H,3,12H2,1-2H3. The molecule has 0 aliphatic rings. The summed E-state index contributed by atoms with van der Waals surface area (Å²) in [7, 11) is 0. The highest BCUT2D eigenvalue weighted by atomic mass is 32.1. The molecule has 3 rings (SSSR count). The van der Waals surface area contributed by atoms with Gasteiger partial charge in [0.25, 0.3) is 0 Å². The molecule has 2 heteroatoms. The average molecular weight is 295 g/mol. The highest BCUT2D eigenvalue weighted by molar-refractivity contribution is 7.19. The van der Waals surface area contributed by atoms with Crippen LogP contribution in [0.4, 0.5) is 0 Å². The van der Waals surface area contributed by atoms with Crippen molar-refractivity contribution in [3.63, 3.8) is 0 Å². The molecule has 0 saturated heterocycles. The maximum Gasteiger partial charge on any atom is 0.0456 e. The molecule has 3 aromatic rings. The molecule has 1 heterocycles. The Kier molecular flexibility index (Phi) is 4.37. The number of benzene rings is 2. The number of fused-ring (bicyclic) bond motifs is 1. The van der Waals surface area contributed by atoms with Crippen molar-refractivity contribution in [2.75, 3.05) is 6.54 Å². The van der Waals surface area contributed by atoms with Crippen molar-refractivity contribution in [2.45, 2.75) is 26.3 Å². The van der Waals surface area contributed by atoms with Crippen molar-refractivity contribution in [3.8, 4) is 0 Å². The molecule has 108 valence electrons. The number of rotatable bonds is 5. The summed E-state index contributed by atoms with van der Waals surface area (Å²) >= 11 is 1.91. The Hall–Kier alpha value is -1.64. The van der Waals surface area contributed by atoms with Gasteiger partial charge in [-0.1, -0.05) is 55.0 Å². The molecular weight excluding hydrogens is 274 g/mol. The second kappa shape index (κ2) is 6.42. The highest BCUT2D eigenvalue weighted by Gasteiger charge is 2.14. The van der Waals surface area contributed by atoms with Crippen LogP contribution in [-0.4, -0.2) is 6.54 Å². The van der Waals surface area contributed by atoms with Crippen LogP contribution < -0.4 is 5.32 Å². The van der Waals surface area contributed by atoms with E-state index in [0.29, 0.717) is 6.04 Å². The lowest BCUT2D eigenvalue weighted by atomic mass is 10.0. The van der Waals surface area contributed by atoms with E-state index in [1.807, 2.05) is 11.3 Å². The third-order valence-electron chi connectivity index (χ3n) is 3.76. The topological polar surface area (TPSA) is 12.0 Å². The number of likely N-dealkylation sites (N-methyl/N-ethyl adjacent to an activating group) is 1. The van der Waals surface area contributed by atoms with Crippen molar-refractivity contribution in [3.05, 3.63) is 70.6 Å². The zero-order chi connectivity index (χ0) is 14.7. The summed E-state index contributed by atoms with van der Waals surface area (Å²) in [4.78, 5) is 1.43. The monoisotopic (exact) mass is 295 g/mol. The second-order valence-electron chi connectivity index (χ2n) is 5.49. The first kappa shape index (κ1) is 14.3. The minimum absolute atomic E-state index is 0.397. The molecule has 1 unspecified atom stereocenters. The first-order chi connectivity index (χ1) is 10.3. The summed E-state index contributed by atoms with van der Waals surface area (Å²) in [5.41, 5.74) is 2.73. The van der Waals surface area contributed by atoms with Crippen LogP contribution in [0.1, 0.15) is 29.0 Å². The smallest absolute Gasteiger partial charge is 0.0456 e. The first-order valence-electron chi connectivity index (χ1n) is 7.53. The van der Waals surface area contributed by atoms with E-state index >= 15 is 0 Å². The van der Waals surface area contributed by atoms with E-state index in [2.05, 4.69) is 73.8 Å². The molecule has 0 bridgehead atoms. The molecule has 1 atom stereocenters. The van der Waals surface area contributed by atoms with Gasteiger partial charge in [0.2, 0.25) is 0 Å². The van der Waals surface area contributed by atoms with Crippen LogP contribution >= 0.6 is 11.3 Å². The van der Waals surface area contributed by atoms with Gasteiger partial charge in [0, 0.05) is 15.6 Å². The van der Waals surface area contributed by atoms with Gasteiger partial charge in [0.05, 0.1) is 0 Å². The minimum atomic E-state index is 0.397. The number of hydrogen-bond donors (Lipinski definition) is 1. The number of hydrogen-bond acceptors (Lipinski definition) is 2. The van der Waals surface area contributed by atoms with Gasteiger partial charge >= 0.3 is 0 Å². The lowest BCUT2D eigenvalue weighted by Gasteiger charge is -2.16. The van der Waals surface area contributed by atoms with Crippen LogP contribution in [0.25, 0.3) is 10.1 Å². The highest BCUT2D eigenvalue weighted by Crippen LogP contribution is 2.31. The zero-order valence-corrected chi connectivity index (χ0v) is 13.4. The van der Waals surface area contributed by atoms with Gasteiger partial charge in [-0.3, -0.25) is 0 Å². The Morgan fingerprint density at radius 3 is 2.67 bits per heavy atom. The molecule has 0 radical (unpaired) electrons. The van der Waals surface area contributed by atoms with Gasteiger partial charge in [0.15, 0.2) is 0 Å². The molecule has 0 spiro atoms. The molecule has 1 N–H and O–H groups in total. The maximum atomic E-state index is 3.64. The summed E-state index contributed by atoms with van der Waals surface area (Å²) in [6.07, 6.45) is 1.04. The minimum Gasteiger partial charge on any atom is -0.309 e. The van der Waals surface area contributed by atoms with Crippen molar-refractivity contribution in [1.82, 2.24) is 5.32 Å². The number of thiophene rings is 1. The Labute approximate surface area is 130 Å². The van der Waals surface area contributed by atoms with E-state index in [4.69, 9.17) is 0 Å². The van der Waals surface area contributed by atoms with Crippen molar-refractivity contribution in [1.29, 1.82) is 0 Å². The fourth-order valence-electron chi connectivity index (χ4n) is 2.77. The van der Waals surface area contributed by atoms with Gasteiger partial charge in [-0.15, -0.1) is 11.3 Å². The fourth-order valence-corrected chi connectivity index (χ4v) is 3.91. The number of aryl methyl sites for hydroxylation is 1. The van der Waals surface area contributed by atoms with Gasteiger partial charge in [-0.05, 0) is 43.0 Å². The second-order valence-corrected chi connectivity index (χ2v) is 6.61. The fraction of sp³-hybridized carbons (Fsp3) is 0.263. The quantitative estimate of drug-likeness (QED) is 0.690. The van der Waals surface area contributed by atoms with Crippen molar-refractivity contribution < 1.29 is 0 Å². The normalized spacial score (nSPS) is 12.7. The first-order valence-corrected chi connectivity index (χ1v) is 8.35. The molecule has 0 amide bonds. The molecule has 1 nitrogen and oxygen atoms in total. The summed E-state index contributed by atoms with van der Waals surface area (Å²) < 4.78 is 1.37. The molecule has 0 aliphatic heterocycles. The van der Waals surface area contributed by atoms with Crippen molar-refractivity contribution >= 4 is 21.4 Å². The van der Waals surface area contributed by atoms with Crippen LogP contribution in [0, 0.1) is 6.92 Å². The van der Waals surface area contributed by atoms with E-state index in [9.17, 15) is 0 Å². The van der Waals surface area contributed by atoms with Gasteiger partial charge in [-0.2, -0.15) is 0 Å². The lowest BCUT2D eigenvalue weighted by molar-refractivity contribution is 0.558. The van der Waals surface area contributed by atoms with E-state index in [1.165, 1.54) is 26.1 Å². The summed E-state index contributed by atoms with van der Waals surface area (Å²) in [6.45, 7) is 5.33. The molecule has 2 aromatic carbocycles. The summed E-state index contributed by atoms with van der Waals surface area (Å²) in [5, 5.41) is 4.99. The van der Waals surface area contributed by atoms with E-state index < -0.39 is 0 Å². The maximum absolute atomic E-state index is 3.64. The predicted molar refractivity (Wildman–Crippen MR) is 93.1 cm³/mol. The van der Waals surface area contributed by atoms with Crippen LogP contribution in [0.2, 0.25) is 0 Å². The molecule has 0 aliphatic carbocycles.